The SMILES string of the molecule is C=CCCCCCCCCC(=O)SC[C@H](NC(=O)OC(C)(C)C)C(=O)OC. The lowest BCUT2D eigenvalue weighted by molar-refractivity contribution is -0.142. The maximum Gasteiger partial charge on any atom is 0.408 e. The van der Waals surface area contributed by atoms with Crippen molar-refractivity contribution in [2.24, 2.45) is 0 Å². The van der Waals surface area contributed by atoms with Crippen LogP contribution in [0.4, 0.5) is 4.79 Å². The van der Waals surface area contributed by atoms with E-state index in [2.05, 4.69) is 16.6 Å². The molecule has 1 N–H and O–H groups in total. The topological polar surface area (TPSA) is 81.7 Å². The maximum absolute atomic E-state index is 12.0. The van der Waals surface area contributed by atoms with Crippen molar-refractivity contribution in [1.82, 2.24) is 5.32 Å². The Kier molecular flexibility index (Phi) is 13.7. The van der Waals surface area contributed by atoms with E-state index in [4.69, 9.17) is 4.74 Å². The molecule has 6 nitrogen and oxygen atoms in total. The number of ether oxygens (including phenoxy) is 2. The number of rotatable bonds is 13. The second-order valence-corrected chi connectivity index (χ2v) is 8.43. The summed E-state index contributed by atoms with van der Waals surface area (Å²) in [4.78, 5) is 35.6. The second kappa shape index (κ2) is 14.5. The van der Waals surface area contributed by atoms with E-state index < -0.39 is 23.7 Å². The van der Waals surface area contributed by atoms with Gasteiger partial charge in [-0.15, -0.1) is 6.58 Å². The Bertz CT molecular complexity index is 473. The average molecular weight is 402 g/mol. The zero-order chi connectivity index (χ0) is 20.7. The van der Waals surface area contributed by atoms with Crippen LogP contribution in [0.25, 0.3) is 0 Å². The van der Waals surface area contributed by atoms with Gasteiger partial charge < -0.3 is 14.8 Å². The predicted octanol–water partition coefficient (Wildman–Crippen LogP) is 4.62. The molecule has 0 aromatic heterocycles. The van der Waals surface area contributed by atoms with Crippen LogP contribution in [-0.4, -0.2) is 41.7 Å². The molecule has 0 aromatic rings. The second-order valence-electron chi connectivity index (χ2n) is 7.35. The van der Waals surface area contributed by atoms with Gasteiger partial charge in [0.2, 0.25) is 0 Å². The third kappa shape index (κ3) is 15.3. The molecule has 0 aliphatic heterocycles. The van der Waals surface area contributed by atoms with Crippen LogP contribution in [0.1, 0.15) is 72.1 Å². The number of esters is 1. The van der Waals surface area contributed by atoms with E-state index in [0.717, 1.165) is 37.4 Å². The van der Waals surface area contributed by atoms with Crippen LogP contribution in [0.3, 0.4) is 0 Å². The largest absolute Gasteiger partial charge is 0.467 e. The zero-order valence-electron chi connectivity index (χ0n) is 17.2. The van der Waals surface area contributed by atoms with Crippen LogP contribution in [0.2, 0.25) is 0 Å². The minimum absolute atomic E-state index is 0.0153. The first kappa shape index (κ1) is 25.5. The number of hydrogen-bond acceptors (Lipinski definition) is 6. The van der Waals surface area contributed by atoms with Gasteiger partial charge in [0.1, 0.15) is 11.6 Å². The molecule has 1 atom stereocenters. The molecular weight excluding hydrogens is 366 g/mol. The number of hydrogen-bond donors (Lipinski definition) is 1. The molecule has 1 amide bonds. The molecule has 156 valence electrons. The normalized spacial score (nSPS) is 12.1. The molecule has 0 aliphatic rings. The van der Waals surface area contributed by atoms with Gasteiger partial charge in [-0.1, -0.05) is 43.5 Å². The van der Waals surface area contributed by atoms with Gasteiger partial charge in [0.05, 0.1) is 7.11 Å². The lowest BCUT2D eigenvalue weighted by Crippen LogP contribution is -2.45. The third-order valence-corrected chi connectivity index (χ3v) is 4.65. The highest BCUT2D eigenvalue weighted by molar-refractivity contribution is 8.13. The first-order chi connectivity index (χ1) is 12.7. The van der Waals surface area contributed by atoms with Gasteiger partial charge in [0.15, 0.2) is 5.12 Å². The highest BCUT2D eigenvalue weighted by Gasteiger charge is 2.25. The van der Waals surface area contributed by atoms with Crippen molar-refractivity contribution in [2.45, 2.75) is 83.8 Å². The van der Waals surface area contributed by atoms with E-state index in [0.29, 0.717) is 6.42 Å². The van der Waals surface area contributed by atoms with E-state index in [9.17, 15) is 14.4 Å². The fraction of sp³-hybridized carbons (Fsp3) is 0.750. The number of carbonyl (C=O) groups excluding carboxylic acids is 3. The molecule has 0 heterocycles. The Morgan fingerprint density at radius 3 is 2.22 bits per heavy atom. The summed E-state index contributed by atoms with van der Waals surface area (Å²) >= 11 is 1.04. The zero-order valence-corrected chi connectivity index (χ0v) is 18.0. The number of carbonyl (C=O) groups is 3. The molecule has 0 spiro atoms. The molecule has 0 fully saturated rings. The van der Waals surface area contributed by atoms with E-state index in [1.807, 2.05) is 6.08 Å². The number of allylic oxidation sites excluding steroid dienone is 1. The van der Waals surface area contributed by atoms with E-state index in [-0.39, 0.29) is 10.9 Å². The van der Waals surface area contributed by atoms with Gasteiger partial charge >= 0.3 is 12.1 Å². The minimum Gasteiger partial charge on any atom is -0.467 e. The Hall–Kier alpha value is -1.50. The summed E-state index contributed by atoms with van der Waals surface area (Å²) in [7, 11) is 1.24. The number of methoxy groups -OCH3 is 1. The van der Waals surface area contributed by atoms with Gasteiger partial charge in [-0.3, -0.25) is 4.79 Å². The Balaban J connectivity index is 4.09. The smallest absolute Gasteiger partial charge is 0.408 e. The van der Waals surface area contributed by atoms with Gasteiger partial charge in [-0.2, -0.15) is 0 Å². The van der Waals surface area contributed by atoms with Crippen molar-refractivity contribution in [2.75, 3.05) is 12.9 Å². The Morgan fingerprint density at radius 1 is 1.07 bits per heavy atom. The number of nitrogens with one attached hydrogen (secondary N) is 1. The molecule has 0 aliphatic carbocycles. The van der Waals surface area contributed by atoms with Crippen LogP contribution in [0, 0.1) is 0 Å². The summed E-state index contributed by atoms with van der Waals surface area (Å²) in [5.41, 5.74) is -0.667. The lowest BCUT2D eigenvalue weighted by atomic mass is 10.1. The maximum atomic E-state index is 12.0. The lowest BCUT2D eigenvalue weighted by Gasteiger charge is -2.22. The summed E-state index contributed by atoms with van der Waals surface area (Å²) in [6.45, 7) is 8.91. The van der Waals surface area contributed by atoms with E-state index in [1.54, 1.807) is 20.8 Å². The van der Waals surface area contributed by atoms with Crippen molar-refractivity contribution < 1.29 is 23.9 Å². The first-order valence-corrected chi connectivity index (χ1v) is 10.5. The summed E-state index contributed by atoms with van der Waals surface area (Å²) < 4.78 is 9.83. The molecule has 0 unspecified atom stereocenters. The number of unbranched alkanes of at least 4 members (excludes halogenated alkanes) is 6. The molecule has 0 bridgehead atoms. The van der Waals surface area contributed by atoms with Crippen molar-refractivity contribution in [3.63, 3.8) is 0 Å². The van der Waals surface area contributed by atoms with Crippen LogP contribution in [-0.2, 0) is 19.1 Å². The number of thioether (sulfide) groups is 1. The van der Waals surface area contributed by atoms with Gasteiger partial charge in [-0.05, 0) is 40.0 Å². The third-order valence-electron chi connectivity index (χ3n) is 3.63. The van der Waals surface area contributed by atoms with Gasteiger partial charge in [-0.25, -0.2) is 9.59 Å². The van der Waals surface area contributed by atoms with Crippen LogP contribution in [0.15, 0.2) is 12.7 Å². The van der Waals surface area contributed by atoms with Crippen molar-refractivity contribution in [1.29, 1.82) is 0 Å². The monoisotopic (exact) mass is 401 g/mol. The Labute approximate surface area is 167 Å². The molecule has 7 heteroatoms. The van der Waals surface area contributed by atoms with Gasteiger partial charge in [0.25, 0.3) is 0 Å². The minimum atomic E-state index is -0.913. The summed E-state index contributed by atoms with van der Waals surface area (Å²) in [6, 6.07) is -0.913. The van der Waals surface area contributed by atoms with Crippen LogP contribution < -0.4 is 5.32 Å². The number of alkyl carbamates (subject to hydrolysis) is 1. The molecular formula is C20H35NO5S. The van der Waals surface area contributed by atoms with Crippen molar-refractivity contribution in [3.8, 4) is 0 Å². The van der Waals surface area contributed by atoms with Gasteiger partial charge in [0, 0.05) is 12.2 Å². The standard InChI is InChI=1S/C20H35NO5S/c1-6-7-8-9-10-11-12-13-14-17(22)27-15-16(18(23)25-5)21-19(24)26-20(2,3)4/h6,16H,1,7-15H2,2-5H3,(H,21,24)/t16-/m0/s1. The molecule has 0 saturated heterocycles. The van der Waals surface area contributed by atoms with E-state index >= 15 is 0 Å². The summed E-state index contributed by atoms with van der Waals surface area (Å²) in [6.07, 6.45) is 9.32. The van der Waals surface area contributed by atoms with Crippen molar-refractivity contribution in [3.05, 3.63) is 12.7 Å². The first-order valence-electron chi connectivity index (χ1n) is 9.53. The van der Waals surface area contributed by atoms with Crippen LogP contribution in [0.5, 0.6) is 0 Å². The number of amides is 1. The molecule has 0 saturated carbocycles. The van der Waals surface area contributed by atoms with E-state index in [1.165, 1.54) is 26.4 Å². The molecule has 0 aromatic carbocycles. The quantitative estimate of drug-likeness (QED) is 0.275. The predicted molar refractivity (Wildman–Crippen MR) is 110 cm³/mol. The highest BCUT2D eigenvalue weighted by Crippen LogP contribution is 2.14. The van der Waals surface area contributed by atoms with Crippen LogP contribution >= 0.6 is 11.8 Å². The summed E-state index contributed by atoms with van der Waals surface area (Å²) in [5.74, 6) is -0.465. The summed E-state index contributed by atoms with van der Waals surface area (Å²) in [5, 5.41) is 2.48. The highest BCUT2D eigenvalue weighted by atomic mass is 32.2. The molecule has 0 rings (SSSR count). The Morgan fingerprint density at radius 2 is 1.67 bits per heavy atom. The fourth-order valence-corrected chi connectivity index (χ4v) is 3.13. The molecule has 0 radical (unpaired) electrons. The van der Waals surface area contributed by atoms with Crippen molar-refractivity contribution >= 4 is 28.9 Å². The molecule has 27 heavy (non-hydrogen) atoms. The fourth-order valence-electron chi connectivity index (χ4n) is 2.27. The average Bonchev–Trinajstić information content (AvgIpc) is 2.58.